The van der Waals surface area contributed by atoms with Gasteiger partial charge < -0.3 is 11.5 Å². The summed E-state index contributed by atoms with van der Waals surface area (Å²) in [6, 6.07) is 0. The maximum atomic E-state index is 11.9. The van der Waals surface area contributed by atoms with Gasteiger partial charge in [0.25, 0.3) is 0 Å². The molecular weight excluding hydrogens is 605 g/mol. The summed E-state index contributed by atoms with van der Waals surface area (Å²) >= 11 is 0. The van der Waals surface area contributed by atoms with Gasteiger partial charge in [-0.3, -0.25) is 9.59 Å². The van der Waals surface area contributed by atoms with E-state index in [0.29, 0.717) is 0 Å². The fraction of sp³-hybridized carbons (Fsp3) is 0.938. The maximum absolute atomic E-state index is 11.9. The lowest BCUT2D eigenvalue weighted by molar-refractivity contribution is -0.118. The number of hydrogen-bond donors (Lipinski definition) is 2. The minimum atomic E-state index is -0.217. The van der Waals surface area contributed by atoms with Crippen LogP contribution in [-0.4, -0.2) is 22.3 Å². The largest absolute Gasteiger partial charge is 0.369 e. The summed E-state index contributed by atoms with van der Waals surface area (Å²) in [5.74, 6) is -0.434. The molecule has 0 radical (unpaired) electrons. The van der Waals surface area contributed by atoms with Crippen LogP contribution in [0.15, 0.2) is 0 Å². The minimum Gasteiger partial charge on any atom is -0.369 e. The van der Waals surface area contributed by atoms with Crippen LogP contribution in [0.3, 0.4) is 0 Å². The molecule has 0 saturated carbocycles. The first kappa shape index (κ1) is 41.7. The molecule has 0 saturated heterocycles. The molecule has 9 heteroatoms. The minimum absolute atomic E-state index is 0.144. The Labute approximate surface area is 273 Å². The molecule has 4 N–H and O–H groups in total. The highest BCUT2D eigenvalue weighted by Gasteiger charge is 2.19. The summed E-state index contributed by atoms with van der Waals surface area (Å²) < 4.78 is 0. The molecule has 0 aromatic heterocycles. The fourth-order valence-electron chi connectivity index (χ4n) is 4.96. The van der Waals surface area contributed by atoms with E-state index in [0.717, 1.165) is 25.7 Å². The van der Waals surface area contributed by atoms with Gasteiger partial charge >= 0.3 is 0 Å². The molecule has 0 rings (SSSR count). The van der Waals surface area contributed by atoms with Crippen LogP contribution in [-0.2, 0) is 9.59 Å². The number of primary amides is 2. The van der Waals surface area contributed by atoms with Crippen LogP contribution in [0.25, 0.3) is 0 Å². The van der Waals surface area contributed by atoms with Crippen LogP contribution in [0.5, 0.6) is 0 Å². The van der Waals surface area contributed by atoms with Gasteiger partial charge in [-0.15, -0.1) is 0 Å². The Bertz CT molecular complexity index is 538. The van der Waals surface area contributed by atoms with E-state index < -0.39 is 0 Å². The standard InChI is InChI=1S/C32H64N2O2S5/c1-3-5-7-9-11-13-15-17-19-21-23-25-27-29(31(33)35)37-39-41-40-38-30(32(34)36)28-26-24-22-20-18-16-14-12-10-8-6-4-2/h29-30H,3-28H2,1-2H3,(H2,33,35)(H2,34,36). The van der Waals surface area contributed by atoms with Crippen molar-refractivity contribution in [1.82, 2.24) is 0 Å². The quantitative estimate of drug-likeness (QED) is 0.0521. The molecule has 0 aliphatic rings. The molecule has 0 aliphatic heterocycles. The maximum Gasteiger partial charge on any atom is 0.231 e. The van der Waals surface area contributed by atoms with E-state index in [1.807, 2.05) is 0 Å². The van der Waals surface area contributed by atoms with E-state index in [-0.39, 0.29) is 22.3 Å². The monoisotopic (exact) mass is 668 g/mol. The third kappa shape index (κ3) is 30.5. The van der Waals surface area contributed by atoms with Gasteiger partial charge in [0.05, 0.1) is 10.5 Å². The lowest BCUT2D eigenvalue weighted by atomic mass is 10.0. The Morgan fingerprint density at radius 2 is 0.659 bits per heavy atom. The normalized spacial score (nSPS) is 12.9. The molecule has 0 aliphatic carbocycles. The van der Waals surface area contributed by atoms with Crippen molar-refractivity contribution in [3.63, 3.8) is 0 Å². The number of nitrogens with two attached hydrogens (primary N) is 2. The van der Waals surface area contributed by atoms with Crippen molar-refractivity contribution in [1.29, 1.82) is 0 Å². The highest BCUT2D eigenvalue weighted by Crippen LogP contribution is 2.51. The summed E-state index contributed by atoms with van der Waals surface area (Å²) in [6.07, 6.45) is 33.3. The summed E-state index contributed by atoms with van der Waals surface area (Å²) in [4.78, 5) is 23.8. The Kier molecular flexibility index (Phi) is 34.1. The van der Waals surface area contributed by atoms with Gasteiger partial charge in [0.15, 0.2) is 0 Å². The third-order valence-corrected chi connectivity index (χ3v) is 16.9. The molecule has 0 bridgehead atoms. The highest BCUT2D eigenvalue weighted by atomic mass is 33.8. The van der Waals surface area contributed by atoms with E-state index in [1.54, 1.807) is 51.1 Å². The number of amides is 2. The zero-order valence-corrected chi connectivity index (χ0v) is 30.6. The Morgan fingerprint density at radius 3 is 0.902 bits per heavy atom. The van der Waals surface area contributed by atoms with Crippen LogP contribution >= 0.6 is 51.1 Å². The van der Waals surface area contributed by atoms with Gasteiger partial charge in [-0.25, -0.2) is 0 Å². The van der Waals surface area contributed by atoms with Crippen molar-refractivity contribution in [2.24, 2.45) is 11.5 Å². The molecule has 0 aromatic rings. The van der Waals surface area contributed by atoms with Crippen molar-refractivity contribution < 1.29 is 9.59 Å². The second-order valence-electron chi connectivity index (χ2n) is 11.5. The number of rotatable bonds is 34. The zero-order valence-electron chi connectivity index (χ0n) is 26.6. The second-order valence-corrected chi connectivity index (χ2v) is 19.5. The molecule has 41 heavy (non-hydrogen) atoms. The molecular formula is C32H64N2O2S5. The van der Waals surface area contributed by atoms with Crippen molar-refractivity contribution >= 4 is 62.9 Å². The zero-order chi connectivity index (χ0) is 30.2. The summed E-state index contributed by atoms with van der Waals surface area (Å²) in [5, 5.41) is -0.288. The lowest BCUT2D eigenvalue weighted by Gasteiger charge is -2.13. The van der Waals surface area contributed by atoms with Crippen LogP contribution in [0.4, 0.5) is 0 Å². The molecule has 244 valence electrons. The molecule has 0 heterocycles. The molecule has 2 unspecified atom stereocenters. The summed E-state index contributed by atoms with van der Waals surface area (Å²) in [5.41, 5.74) is 11.3. The Balaban J connectivity index is 3.73. The lowest BCUT2D eigenvalue weighted by Crippen LogP contribution is -2.25. The molecule has 2 atom stereocenters. The van der Waals surface area contributed by atoms with Gasteiger partial charge in [-0.2, -0.15) is 0 Å². The Hall–Kier alpha value is 0.690. The fourth-order valence-corrected chi connectivity index (χ4v) is 14.6. The number of carbonyl (C=O) groups is 2. The second kappa shape index (κ2) is 33.6. The SMILES string of the molecule is CCCCCCCCCCCCCCC(SSSSSC(CCCCCCCCCCCCCC)C(N)=O)C(N)=O. The molecule has 0 aromatic carbocycles. The molecule has 4 nitrogen and oxygen atoms in total. The highest BCUT2D eigenvalue weighted by molar-refractivity contribution is 9.35. The first-order valence-electron chi connectivity index (χ1n) is 16.9. The molecule has 0 spiro atoms. The topological polar surface area (TPSA) is 86.2 Å². The van der Waals surface area contributed by atoms with Crippen LogP contribution < -0.4 is 11.5 Å². The van der Waals surface area contributed by atoms with E-state index in [4.69, 9.17) is 11.5 Å². The number of carbonyl (C=O) groups excluding carboxylic acids is 2. The number of hydrogen-bond acceptors (Lipinski definition) is 7. The van der Waals surface area contributed by atoms with Gasteiger partial charge in [0.1, 0.15) is 0 Å². The average Bonchev–Trinajstić information content (AvgIpc) is 2.95. The van der Waals surface area contributed by atoms with Crippen LogP contribution in [0, 0.1) is 0 Å². The van der Waals surface area contributed by atoms with E-state index in [9.17, 15) is 9.59 Å². The first-order valence-corrected chi connectivity index (χ1v) is 23.2. The van der Waals surface area contributed by atoms with Gasteiger partial charge in [-0.1, -0.05) is 190 Å². The smallest absolute Gasteiger partial charge is 0.231 e. The molecule has 2 amide bonds. The molecule has 0 fully saturated rings. The van der Waals surface area contributed by atoms with Crippen LogP contribution in [0.2, 0.25) is 0 Å². The van der Waals surface area contributed by atoms with E-state index in [1.165, 1.54) is 141 Å². The third-order valence-electron chi connectivity index (χ3n) is 7.64. The van der Waals surface area contributed by atoms with Gasteiger partial charge in [-0.05, 0) is 42.3 Å². The van der Waals surface area contributed by atoms with E-state index >= 15 is 0 Å². The average molecular weight is 669 g/mol. The summed E-state index contributed by atoms with van der Waals surface area (Å²) in [6.45, 7) is 4.54. The predicted molar refractivity (Wildman–Crippen MR) is 195 cm³/mol. The van der Waals surface area contributed by atoms with Crippen molar-refractivity contribution in [2.45, 2.75) is 191 Å². The summed E-state index contributed by atoms with van der Waals surface area (Å²) in [7, 11) is 7.93. The van der Waals surface area contributed by atoms with Gasteiger partial charge in [0, 0.05) is 0 Å². The van der Waals surface area contributed by atoms with Crippen molar-refractivity contribution in [3.05, 3.63) is 0 Å². The van der Waals surface area contributed by atoms with E-state index in [2.05, 4.69) is 13.8 Å². The van der Waals surface area contributed by atoms with Crippen LogP contribution in [0.1, 0.15) is 181 Å². The predicted octanol–water partition coefficient (Wildman–Crippen LogP) is 12.2. The van der Waals surface area contributed by atoms with Gasteiger partial charge in [0.2, 0.25) is 11.8 Å². The van der Waals surface area contributed by atoms with Crippen molar-refractivity contribution in [2.75, 3.05) is 0 Å². The first-order chi connectivity index (χ1) is 20.0. The Morgan fingerprint density at radius 1 is 0.415 bits per heavy atom. The van der Waals surface area contributed by atoms with Crippen molar-refractivity contribution in [3.8, 4) is 0 Å². The number of unbranched alkanes of at least 4 members (excludes halogenated alkanes) is 22.